The van der Waals surface area contributed by atoms with Crippen LogP contribution in [0.25, 0.3) is 0 Å². The van der Waals surface area contributed by atoms with Crippen molar-refractivity contribution in [2.45, 2.75) is 46.5 Å². The maximum absolute atomic E-state index is 6.40. The molecule has 0 fully saturated rings. The van der Waals surface area contributed by atoms with Crippen LogP contribution < -0.4 is 0 Å². The lowest BCUT2D eigenvalue weighted by Gasteiger charge is -2.08. The van der Waals surface area contributed by atoms with Gasteiger partial charge in [0.1, 0.15) is 0 Å². The summed E-state index contributed by atoms with van der Waals surface area (Å²) in [7, 11) is 2.10. The highest BCUT2D eigenvalue weighted by Crippen LogP contribution is 2.36. The number of nitrogens with zero attached hydrogens (tertiary/aromatic N) is 1. The Morgan fingerprint density at radius 2 is 1.57 bits per heavy atom. The van der Waals surface area contributed by atoms with Crippen molar-refractivity contribution in [1.29, 1.82) is 0 Å². The van der Waals surface area contributed by atoms with E-state index in [0.717, 1.165) is 5.02 Å². The summed E-state index contributed by atoms with van der Waals surface area (Å²) in [4.78, 5) is 0. The molecule has 14 heavy (non-hydrogen) atoms. The highest BCUT2D eigenvalue weighted by Gasteiger charge is 2.20. The molecule has 0 saturated heterocycles. The van der Waals surface area contributed by atoms with Gasteiger partial charge >= 0.3 is 0 Å². The van der Waals surface area contributed by atoms with Gasteiger partial charge in [0.05, 0.1) is 5.02 Å². The third kappa shape index (κ3) is 1.70. The first-order valence-electron chi connectivity index (χ1n) is 5.22. The van der Waals surface area contributed by atoms with Crippen LogP contribution in [0.1, 0.15) is 56.5 Å². The fraction of sp³-hybridized carbons (Fsp3) is 0.667. The molecule has 1 nitrogen and oxygen atoms in total. The Labute approximate surface area is 92.1 Å². The molecule has 1 aromatic heterocycles. The normalized spacial score (nSPS) is 11.8. The smallest absolute Gasteiger partial charge is 0.0655 e. The van der Waals surface area contributed by atoms with Gasteiger partial charge in [-0.1, -0.05) is 39.3 Å². The van der Waals surface area contributed by atoms with E-state index in [9.17, 15) is 0 Å². The number of hydrogen-bond acceptors (Lipinski definition) is 0. The summed E-state index contributed by atoms with van der Waals surface area (Å²) >= 11 is 6.40. The quantitative estimate of drug-likeness (QED) is 0.693. The molecule has 0 atom stereocenters. The maximum Gasteiger partial charge on any atom is 0.0655 e. The van der Waals surface area contributed by atoms with Gasteiger partial charge in [-0.15, -0.1) is 0 Å². The first-order chi connectivity index (χ1) is 6.37. The Morgan fingerprint density at radius 1 is 1.07 bits per heavy atom. The van der Waals surface area contributed by atoms with Crippen molar-refractivity contribution in [3.63, 3.8) is 0 Å². The zero-order valence-electron chi connectivity index (χ0n) is 9.98. The van der Waals surface area contributed by atoms with Crippen LogP contribution in [-0.2, 0) is 7.05 Å². The first-order valence-corrected chi connectivity index (χ1v) is 5.60. The van der Waals surface area contributed by atoms with E-state index < -0.39 is 0 Å². The fourth-order valence-corrected chi connectivity index (χ4v) is 2.82. The highest BCUT2D eigenvalue weighted by atomic mass is 35.5. The summed E-state index contributed by atoms with van der Waals surface area (Å²) < 4.78 is 2.22. The van der Waals surface area contributed by atoms with Crippen LogP contribution in [0, 0.1) is 6.92 Å². The summed E-state index contributed by atoms with van der Waals surface area (Å²) in [6.45, 7) is 10.9. The predicted molar refractivity (Wildman–Crippen MR) is 63.3 cm³/mol. The van der Waals surface area contributed by atoms with Crippen molar-refractivity contribution < 1.29 is 0 Å². The van der Waals surface area contributed by atoms with E-state index in [1.54, 1.807) is 0 Å². The summed E-state index contributed by atoms with van der Waals surface area (Å²) in [6, 6.07) is 0. The minimum atomic E-state index is 0.485. The molecule has 0 aliphatic rings. The van der Waals surface area contributed by atoms with E-state index in [-0.39, 0.29) is 0 Å². The minimum absolute atomic E-state index is 0.485. The van der Waals surface area contributed by atoms with Gasteiger partial charge in [-0.3, -0.25) is 0 Å². The molecule has 0 spiro atoms. The molecule has 1 rings (SSSR count). The number of rotatable bonds is 2. The van der Waals surface area contributed by atoms with Crippen LogP contribution in [0.2, 0.25) is 5.02 Å². The zero-order valence-corrected chi connectivity index (χ0v) is 10.7. The molecule has 80 valence electrons. The van der Waals surface area contributed by atoms with Crippen molar-refractivity contribution in [1.82, 2.24) is 4.57 Å². The average Bonchev–Trinajstić information content (AvgIpc) is 2.23. The topological polar surface area (TPSA) is 4.93 Å². The molecule has 0 amide bonds. The third-order valence-corrected chi connectivity index (χ3v) is 3.24. The van der Waals surface area contributed by atoms with Crippen molar-refractivity contribution in [2.75, 3.05) is 0 Å². The number of hydrogen-bond donors (Lipinski definition) is 0. The monoisotopic (exact) mass is 213 g/mol. The second-order valence-electron chi connectivity index (χ2n) is 4.57. The average molecular weight is 214 g/mol. The van der Waals surface area contributed by atoms with Crippen LogP contribution in [0.5, 0.6) is 0 Å². The Balaban J connectivity index is 3.41. The van der Waals surface area contributed by atoms with Crippen molar-refractivity contribution in [2.24, 2.45) is 7.05 Å². The highest BCUT2D eigenvalue weighted by molar-refractivity contribution is 6.32. The number of aromatic nitrogens is 1. The molecular formula is C12H20ClN. The second-order valence-corrected chi connectivity index (χ2v) is 4.94. The molecule has 1 heterocycles. The standard InChI is InChI=1S/C12H20ClN/c1-7(2)10-9(5)14(6)12(8(3)4)11(10)13/h7-8H,1-6H3. The van der Waals surface area contributed by atoms with Crippen LogP contribution >= 0.6 is 11.6 Å². The molecular weight excluding hydrogens is 194 g/mol. The molecule has 0 N–H and O–H groups in total. The van der Waals surface area contributed by atoms with Crippen LogP contribution in [-0.4, -0.2) is 4.57 Å². The first kappa shape index (κ1) is 11.6. The largest absolute Gasteiger partial charge is 0.350 e. The van der Waals surface area contributed by atoms with E-state index >= 15 is 0 Å². The molecule has 0 saturated carbocycles. The van der Waals surface area contributed by atoms with Gasteiger partial charge in [-0.05, 0) is 24.3 Å². The fourth-order valence-electron chi connectivity index (χ4n) is 2.12. The Kier molecular flexibility index (Phi) is 3.31. The Hall–Kier alpha value is -0.430. The van der Waals surface area contributed by atoms with Gasteiger partial charge in [-0.25, -0.2) is 0 Å². The molecule has 0 aliphatic carbocycles. The molecule has 0 aliphatic heterocycles. The molecule has 0 radical (unpaired) electrons. The molecule has 2 heteroatoms. The second kappa shape index (κ2) is 3.98. The van der Waals surface area contributed by atoms with Crippen molar-refractivity contribution in [3.05, 3.63) is 22.0 Å². The Bertz CT molecular complexity index is 303. The van der Waals surface area contributed by atoms with E-state index in [0.29, 0.717) is 11.8 Å². The molecule has 1 aromatic rings. The SMILES string of the molecule is Cc1c(C(C)C)c(Cl)c(C(C)C)n1C. The van der Waals surface area contributed by atoms with Gasteiger partial charge in [0.15, 0.2) is 0 Å². The van der Waals surface area contributed by atoms with E-state index in [1.807, 2.05) is 0 Å². The third-order valence-electron chi connectivity index (χ3n) is 2.84. The van der Waals surface area contributed by atoms with Crippen LogP contribution in [0.15, 0.2) is 0 Å². The summed E-state index contributed by atoms with van der Waals surface area (Å²) in [6.07, 6.45) is 0. The Morgan fingerprint density at radius 3 is 1.79 bits per heavy atom. The van der Waals surface area contributed by atoms with Gasteiger partial charge in [0.25, 0.3) is 0 Å². The summed E-state index contributed by atoms with van der Waals surface area (Å²) in [5, 5.41) is 0.968. The zero-order chi connectivity index (χ0) is 11.0. The molecule has 0 aromatic carbocycles. The minimum Gasteiger partial charge on any atom is -0.350 e. The number of halogens is 1. The maximum atomic E-state index is 6.40. The lowest BCUT2D eigenvalue weighted by atomic mass is 10.0. The predicted octanol–water partition coefficient (Wildman–Crippen LogP) is 4.23. The van der Waals surface area contributed by atoms with E-state index in [2.05, 4.69) is 46.2 Å². The van der Waals surface area contributed by atoms with Gasteiger partial charge in [0.2, 0.25) is 0 Å². The summed E-state index contributed by atoms with van der Waals surface area (Å²) in [5.74, 6) is 0.986. The lowest BCUT2D eigenvalue weighted by molar-refractivity contribution is 0.724. The lowest BCUT2D eigenvalue weighted by Crippen LogP contribution is -2.00. The van der Waals surface area contributed by atoms with E-state index in [1.165, 1.54) is 17.0 Å². The van der Waals surface area contributed by atoms with Crippen LogP contribution in [0.4, 0.5) is 0 Å². The van der Waals surface area contributed by atoms with Gasteiger partial charge in [-0.2, -0.15) is 0 Å². The van der Waals surface area contributed by atoms with Crippen LogP contribution in [0.3, 0.4) is 0 Å². The molecule has 0 unspecified atom stereocenters. The molecule has 0 bridgehead atoms. The van der Waals surface area contributed by atoms with Crippen molar-refractivity contribution >= 4 is 11.6 Å². The van der Waals surface area contributed by atoms with Gasteiger partial charge < -0.3 is 4.57 Å². The van der Waals surface area contributed by atoms with E-state index in [4.69, 9.17) is 11.6 Å². The summed E-state index contributed by atoms with van der Waals surface area (Å²) in [5.41, 5.74) is 3.86. The van der Waals surface area contributed by atoms with Crippen molar-refractivity contribution in [3.8, 4) is 0 Å². The van der Waals surface area contributed by atoms with Gasteiger partial charge in [0, 0.05) is 18.4 Å².